The number of piperazine rings is 1. The van der Waals surface area contributed by atoms with Crippen molar-refractivity contribution in [3.8, 4) is 5.75 Å². The molecule has 3 aromatic carbocycles. The fraction of sp³-hybridized carbons (Fsp3) is 0.310. The molecule has 1 aliphatic rings. The fourth-order valence-corrected chi connectivity index (χ4v) is 6.11. The number of anilines is 2. The van der Waals surface area contributed by atoms with Crippen LogP contribution in [0.5, 0.6) is 5.75 Å². The van der Waals surface area contributed by atoms with E-state index >= 15 is 0 Å². The Hall–Kier alpha value is -4.07. The van der Waals surface area contributed by atoms with Gasteiger partial charge in [-0.2, -0.15) is 4.31 Å². The van der Waals surface area contributed by atoms with Crippen molar-refractivity contribution in [3.05, 3.63) is 83.9 Å². The van der Waals surface area contributed by atoms with E-state index in [-0.39, 0.29) is 36.5 Å². The molecule has 13 heteroatoms. The largest absolute Gasteiger partial charge is 0.497 e. The minimum Gasteiger partial charge on any atom is -0.497 e. The van der Waals surface area contributed by atoms with Gasteiger partial charge in [0.1, 0.15) is 23.4 Å². The van der Waals surface area contributed by atoms with Crippen LogP contribution in [0.3, 0.4) is 0 Å². The highest BCUT2D eigenvalue weighted by atomic mass is 32.2. The lowest BCUT2D eigenvalue weighted by Gasteiger charge is -2.34. The van der Waals surface area contributed by atoms with Crippen LogP contribution in [-0.2, 0) is 26.0 Å². The topological polar surface area (TPSA) is 125 Å². The van der Waals surface area contributed by atoms with Gasteiger partial charge in [0.2, 0.25) is 21.8 Å². The lowest BCUT2D eigenvalue weighted by molar-refractivity contribution is -0.128. The molecule has 0 radical (unpaired) electrons. The van der Waals surface area contributed by atoms with Gasteiger partial charge in [-0.1, -0.05) is 0 Å². The predicted octanol–water partition coefficient (Wildman–Crippen LogP) is 2.25. The van der Waals surface area contributed by atoms with Crippen molar-refractivity contribution >= 4 is 33.2 Å². The molecule has 224 valence electrons. The van der Waals surface area contributed by atoms with Gasteiger partial charge in [0.05, 0.1) is 18.6 Å². The van der Waals surface area contributed by atoms with Gasteiger partial charge in [0, 0.05) is 57.1 Å². The quantitative estimate of drug-likeness (QED) is 0.342. The van der Waals surface area contributed by atoms with Crippen molar-refractivity contribution in [2.75, 3.05) is 57.5 Å². The Morgan fingerprint density at radius 3 is 2.14 bits per heavy atom. The van der Waals surface area contributed by atoms with Crippen LogP contribution >= 0.6 is 0 Å². The van der Waals surface area contributed by atoms with E-state index in [1.165, 1.54) is 47.6 Å². The first-order chi connectivity index (χ1) is 20.0. The van der Waals surface area contributed by atoms with E-state index in [1.54, 1.807) is 29.2 Å². The van der Waals surface area contributed by atoms with E-state index in [4.69, 9.17) is 10.5 Å². The summed E-state index contributed by atoms with van der Waals surface area (Å²) in [7, 11) is -0.654. The highest BCUT2D eigenvalue weighted by Crippen LogP contribution is 2.21. The molecule has 0 saturated carbocycles. The second-order valence-corrected chi connectivity index (χ2v) is 11.9. The molecule has 0 aliphatic carbocycles. The molecule has 10 nitrogen and oxygen atoms in total. The third-order valence-electron chi connectivity index (χ3n) is 7.00. The molecule has 4 rings (SSSR count). The zero-order chi connectivity index (χ0) is 30.4. The van der Waals surface area contributed by atoms with E-state index in [9.17, 15) is 26.8 Å². The molecule has 0 unspecified atom stereocenters. The smallest absolute Gasteiger partial charge is 0.249 e. The highest BCUT2D eigenvalue weighted by Gasteiger charge is 2.31. The number of benzene rings is 3. The summed E-state index contributed by atoms with van der Waals surface area (Å²) in [5.74, 6) is -1.96. The van der Waals surface area contributed by atoms with Crippen LogP contribution < -0.4 is 20.7 Å². The molecule has 3 aromatic rings. The van der Waals surface area contributed by atoms with E-state index < -0.39 is 39.5 Å². The zero-order valence-electron chi connectivity index (χ0n) is 23.3. The number of rotatable bonds is 10. The number of ether oxygens (including phenoxy) is 1. The van der Waals surface area contributed by atoms with Crippen LogP contribution in [0.4, 0.5) is 20.2 Å². The first-order valence-corrected chi connectivity index (χ1v) is 14.6. The molecule has 1 atom stereocenters. The predicted molar refractivity (Wildman–Crippen MR) is 154 cm³/mol. The molecule has 1 fully saturated rings. The van der Waals surface area contributed by atoms with Crippen LogP contribution in [0.2, 0.25) is 0 Å². The number of sulfonamides is 1. The van der Waals surface area contributed by atoms with E-state index in [2.05, 4.69) is 5.32 Å². The highest BCUT2D eigenvalue weighted by molar-refractivity contribution is 7.89. The second-order valence-electron chi connectivity index (χ2n) is 9.95. The number of nitrogen functional groups attached to an aromatic ring is 1. The number of nitrogens with two attached hydrogens (primary N) is 1. The molecule has 0 bridgehead atoms. The fourth-order valence-electron chi connectivity index (χ4n) is 4.69. The van der Waals surface area contributed by atoms with Gasteiger partial charge in [-0.25, -0.2) is 17.2 Å². The van der Waals surface area contributed by atoms with E-state index in [1.807, 2.05) is 0 Å². The molecule has 42 heavy (non-hydrogen) atoms. The summed E-state index contributed by atoms with van der Waals surface area (Å²) in [6.45, 7) is 0.835. The standard InChI is InChI=1S/C29H33F2N5O5S/c1-34(24-5-7-25(41-2)8-6-24)29(38)27(17-20-15-21(30)18-22(31)16-20)33-28(37)19-35-11-13-36(14-12-35)42(39,40)26-9-3-23(32)4-10-26/h3-10,15-16,18,27H,11-14,17,19,32H2,1-2H3,(H,33,37)/t27-/m0/s1. The molecule has 1 aliphatic heterocycles. The van der Waals surface area contributed by atoms with Gasteiger partial charge < -0.3 is 20.7 Å². The summed E-state index contributed by atoms with van der Waals surface area (Å²) < 4.78 is 60.2. The Morgan fingerprint density at radius 2 is 1.57 bits per heavy atom. The van der Waals surface area contributed by atoms with Gasteiger partial charge in [-0.3, -0.25) is 14.5 Å². The van der Waals surface area contributed by atoms with Crippen LogP contribution in [0.1, 0.15) is 5.56 Å². The molecule has 0 aromatic heterocycles. The average molecular weight is 602 g/mol. The summed E-state index contributed by atoms with van der Waals surface area (Å²) in [5, 5.41) is 2.71. The number of amides is 2. The number of carbonyl (C=O) groups is 2. The Balaban J connectivity index is 1.42. The van der Waals surface area contributed by atoms with Gasteiger partial charge in [-0.05, 0) is 66.2 Å². The van der Waals surface area contributed by atoms with Crippen molar-refractivity contribution < 1.29 is 31.5 Å². The Labute approximate surface area is 243 Å². The monoisotopic (exact) mass is 601 g/mol. The number of methoxy groups -OCH3 is 1. The van der Waals surface area contributed by atoms with Crippen LogP contribution in [0.15, 0.2) is 71.6 Å². The minimum absolute atomic E-state index is 0.0939. The molecular formula is C29H33F2N5O5S. The van der Waals surface area contributed by atoms with E-state index in [0.717, 1.165) is 18.2 Å². The number of likely N-dealkylation sites (N-methyl/N-ethyl adjacent to an activating group) is 1. The first-order valence-electron chi connectivity index (χ1n) is 13.2. The normalized spacial score (nSPS) is 15.1. The van der Waals surface area contributed by atoms with Gasteiger partial charge in [0.15, 0.2) is 0 Å². The van der Waals surface area contributed by atoms with Crippen LogP contribution in [-0.4, -0.2) is 82.4 Å². The maximum atomic E-state index is 13.9. The number of nitrogens with one attached hydrogen (secondary N) is 1. The van der Waals surface area contributed by atoms with Crippen molar-refractivity contribution in [3.63, 3.8) is 0 Å². The zero-order valence-corrected chi connectivity index (χ0v) is 24.1. The number of nitrogens with zero attached hydrogens (tertiary/aromatic N) is 3. The SMILES string of the molecule is COc1ccc(N(C)C(=O)[C@H](Cc2cc(F)cc(F)c2)NC(=O)CN2CCN(S(=O)(=O)c3ccc(N)cc3)CC2)cc1. The summed E-state index contributed by atoms with van der Waals surface area (Å²) in [4.78, 5) is 29.9. The Bertz CT molecular complexity index is 1490. The number of hydrogen-bond donors (Lipinski definition) is 2. The third-order valence-corrected chi connectivity index (χ3v) is 8.92. The number of carbonyl (C=O) groups excluding carboxylic acids is 2. The van der Waals surface area contributed by atoms with Crippen molar-refractivity contribution in [1.82, 2.24) is 14.5 Å². The van der Waals surface area contributed by atoms with Crippen LogP contribution in [0, 0.1) is 11.6 Å². The lowest BCUT2D eigenvalue weighted by atomic mass is 10.0. The summed E-state index contributed by atoms with van der Waals surface area (Å²) in [6, 6.07) is 14.5. The number of hydrogen-bond acceptors (Lipinski definition) is 7. The molecule has 2 amide bonds. The summed E-state index contributed by atoms with van der Waals surface area (Å²) in [6.07, 6.45) is -0.145. The van der Waals surface area contributed by atoms with Gasteiger partial charge >= 0.3 is 0 Å². The van der Waals surface area contributed by atoms with Gasteiger partial charge in [0.25, 0.3) is 0 Å². The lowest BCUT2D eigenvalue weighted by Crippen LogP contribution is -2.54. The summed E-state index contributed by atoms with van der Waals surface area (Å²) in [5.41, 5.74) is 6.86. The average Bonchev–Trinajstić information content (AvgIpc) is 2.96. The minimum atomic E-state index is -3.71. The maximum Gasteiger partial charge on any atom is 0.249 e. The molecule has 3 N–H and O–H groups in total. The molecular weight excluding hydrogens is 568 g/mol. The number of halogens is 2. The molecule has 1 heterocycles. The Morgan fingerprint density at radius 1 is 0.976 bits per heavy atom. The maximum absolute atomic E-state index is 13.9. The van der Waals surface area contributed by atoms with Crippen molar-refractivity contribution in [2.24, 2.45) is 0 Å². The third kappa shape index (κ3) is 7.60. The van der Waals surface area contributed by atoms with Crippen LogP contribution in [0.25, 0.3) is 0 Å². The van der Waals surface area contributed by atoms with Crippen molar-refractivity contribution in [2.45, 2.75) is 17.4 Å². The first kappa shape index (κ1) is 30.9. The second kappa shape index (κ2) is 13.3. The Kier molecular flexibility index (Phi) is 9.76. The molecule has 0 spiro atoms. The summed E-state index contributed by atoms with van der Waals surface area (Å²) >= 11 is 0. The van der Waals surface area contributed by atoms with E-state index in [0.29, 0.717) is 30.2 Å². The van der Waals surface area contributed by atoms with Gasteiger partial charge in [-0.15, -0.1) is 0 Å². The molecule has 1 saturated heterocycles. The van der Waals surface area contributed by atoms with Crippen molar-refractivity contribution in [1.29, 1.82) is 0 Å².